The van der Waals surface area contributed by atoms with Gasteiger partial charge in [-0.3, -0.25) is 0 Å². The predicted molar refractivity (Wildman–Crippen MR) is 82.9 cm³/mol. The number of benzene rings is 1. The van der Waals surface area contributed by atoms with E-state index in [1.54, 1.807) is 11.3 Å². The maximum Gasteiger partial charge on any atom is 0.122 e. The van der Waals surface area contributed by atoms with Gasteiger partial charge in [0.25, 0.3) is 0 Å². The first kappa shape index (κ1) is 13.2. The molecule has 1 N–H and O–H groups in total. The van der Waals surface area contributed by atoms with Gasteiger partial charge in [-0.15, -0.1) is 11.3 Å². The van der Waals surface area contributed by atoms with Gasteiger partial charge >= 0.3 is 0 Å². The second-order valence-electron chi connectivity index (χ2n) is 4.76. The molecule has 0 spiro atoms. The van der Waals surface area contributed by atoms with Crippen molar-refractivity contribution in [3.63, 3.8) is 0 Å². The number of aryl methyl sites for hydroxylation is 1. The Kier molecular flexibility index (Phi) is 3.91. The van der Waals surface area contributed by atoms with Crippen molar-refractivity contribution in [2.24, 2.45) is 0 Å². The number of thiophene rings is 1. The standard InChI is InChI=1S/C15H16BrNOS/c1-17-15-5-2-10-6-12(3-4-14(10)15)18-8-13-7-11(16)9-19-13/h3-4,6-7,9,15,17H,2,5,8H2,1H3. The molecule has 0 saturated carbocycles. The Balaban J connectivity index is 1.69. The van der Waals surface area contributed by atoms with Gasteiger partial charge in [0.15, 0.2) is 0 Å². The highest BCUT2D eigenvalue weighted by Crippen LogP contribution is 2.33. The van der Waals surface area contributed by atoms with Crippen LogP contribution in [0.1, 0.15) is 28.5 Å². The first-order chi connectivity index (χ1) is 9.26. The van der Waals surface area contributed by atoms with Gasteiger partial charge in [-0.05, 0) is 65.1 Å². The molecule has 1 aliphatic rings. The summed E-state index contributed by atoms with van der Waals surface area (Å²) < 4.78 is 7.00. The van der Waals surface area contributed by atoms with Crippen LogP contribution in [0.4, 0.5) is 0 Å². The predicted octanol–water partition coefficient (Wildman–Crippen LogP) is 4.30. The minimum atomic E-state index is 0.511. The average molecular weight is 338 g/mol. The second kappa shape index (κ2) is 5.65. The van der Waals surface area contributed by atoms with Crippen molar-refractivity contribution in [2.45, 2.75) is 25.5 Å². The molecule has 1 aliphatic carbocycles. The van der Waals surface area contributed by atoms with Crippen LogP contribution in [-0.4, -0.2) is 7.05 Å². The van der Waals surface area contributed by atoms with Crippen molar-refractivity contribution in [3.8, 4) is 5.75 Å². The van der Waals surface area contributed by atoms with E-state index in [2.05, 4.69) is 50.9 Å². The number of rotatable bonds is 4. The molecule has 1 aromatic carbocycles. The van der Waals surface area contributed by atoms with Crippen LogP contribution in [0.15, 0.2) is 34.1 Å². The lowest BCUT2D eigenvalue weighted by molar-refractivity contribution is 0.309. The van der Waals surface area contributed by atoms with Crippen LogP contribution in [0.25, 0.3) is 0 Å². The molecule has 19 heavy (non-hydrogen) atoms. The molecule has 0 radical (unpaired) electrons. The van der Waals surface area contributed by atoms with Gasteiger partial charge in [0.2, 0.25) is 0 Å². The van der Waals surface area contributed by atoms with Crippen LogP contribution in [0.2, 0.25) is 0 Å². The number of ether oxygens (including phenoxy) is 1. The summed E-state index contributed by atoms with van der Waals surface area (Å²) in [7, 11) is 2.03. The summed E-state index contributed by atoms with van der Waals surface area (Å²) in [5.41, 5.74) is 2.85. The lowest BCUT2D eigenvalue weighted by atomic mass is 10.1. The molecule has 2 aromatic rings. The van der Waals surface area contributed by atoms with Gasteiger partial charge < -0.3 is 10.1 Å². The Labute approximate surface area is 125 Å². The number of hydrogen-bond donors (Lipinski definition) is 1. The zero-order valence-corrected chi connectivity index (χ0v) is 13.2. The first-order valence-electron chi connectivity index (χ1n) is 6.42. The highest BCUT2D eigenvalue weighted by Gasteiger charge is 2.21. The SMILES string of the molecule is CNC1CCc2cc(OCc3cc(Br)cs3)ccc21. The molecular weight excluding hydrogens is 322 g/mol. The van der Waals surface area contributed by atoms with Crippen molar-refractivity contribution in [1.82, 2.24) is 5.32 Å². The molecule has 0 saturated heterocycles. The molecule has 4 heteroatoms. The summed E-state index contributed by atoms with van der Waals surface area (Å²) in [6.07, 6.45) is 2.33. The van der Waals surface area contributed by atoms with E-state index in [-0.39, 0.29) is 0 Å². The minimum absolute atomic E-state index is 0.511. The Morgan fingerprint density at radius 3 is 3.05 bits per heavy atom. The molecule has 0 bridgehead atoms. The van der Waals surface area contributed by atoms with Gasteiger partial charge in [-0.2, -0.15) is 0 Å². The Bertz CT molecular complexity index is 581. The Morgan fingerprint density at radius 1 is 1.42 bits per heavy atom. The van der Waals surface area contributed by atoms with Crippen LogP contribution < -0.4 is 10.1 Å². The molecule has 0 amide bonds. The molecule has 2 nitrogen and oxygen atoms in total. The van der Waals surface area contributed by atoms with Crippen molar-refractivity contribution in [2.75, 3.05) is 7.05 Å². The maximum atomic E-state index is 5.87. The van der Waals surface area contributed by atoms with Crippen LogP contribution in [0.5, 0.6) is 5.75 Å². The molecule has 1 aromatic heterocycles. The van der Waals surface area contributed by atoms with E-state index in [0.29, 0.717) is 12.6 Å². The summed E-state index contributed by atoms with van der Waals surface area (Å²) in [4.78, 5) is 1.24. The van der Waals surface area contributed by atoms with Crippen LogP contribution in [-0.2, 0) is 13.0 Å². The molecule has 0 aliphatic heterocycles. The number of fused-ring (bicyclic) bond motifs is 1. The fraction of sp³-hybridized carbons (Fsp3) is 0.333. The van der Waals surface area contributed by atoms with Gasteiger partial charge in [0.05, 0.1) is 0 Å². The maximum absolute atomic E-state index is 5.87. The fourth-order valence-corrected chi connectivity index (χ4v) is 3.93. The molecule has 1 atom stereocenters. The molecule has 100 valence electrons. The second-order valence-corrected chi connectivity index (χ2v) is 6.67. The topological polar surface area (TPSA) is 21.3 Å². The van der Waals surface area contributed by atoms with Gasteiger partial charge in [-0.1, -0.05) is 6.07 Å². The quantitative estimate of drug-likeness (QED) is 0.898. The Hall–Kier alpha value is -0.840. The van der Waals surface area contributed by atoms with Crippen molar-refractivity contribution < 1.29 is 4.74 Å². The van der Waals surface area contributed by atoms with E-state index in [0.717, 1.165) is 16.6 Å². The minimum Gasteiger partial charge on any atom is -0.488 e. The highest BCUT2D eigenvalue weighted by molar-refractivity contribution is 9.10. The van der Waals surface area contributed by atoms with Gasteiger partial charge in [-0.25, -0.2) is 0 Å². The highest BCUT2D eigenvalue weighted by atomic mass is 79.9. The summed E-state index contributed by atoms with van der Waals surface area (Å²) in [6, 6.07) is 9.09. The van der Waals surface area contributed by atoms with E-state index in [1.165, 1.54) is 22.4 Å². The zero-order chi connectivity index (χ0) is 13.2. The summed E-state index contributed by atoms with van der Waals surface area (Å²) in [5, 5.41) is 5.44. The first-order valence-corrected chi connectivity index (χ1v) is 8.09. The van der Waals surface area contributed by atoms with Crippen LogP contribution >= 0.6 is 27.3 Å². The molecule has 1 heterocycles. The molecular formula is C15H16BrNOS. The summed E-state index contributed by atoms with van der Waals surface area (Å²) in [6.45, 7) is 0.643. The third kappa shape index (κ3) is 2.86. The Morgan fingerprint density at radius 2 is 2.32 bits per heavy atom. The molecule has 0 fully saturated rings. The van der Waals surface area contributed by atoms with E-state index >= 15 is 0 Å². The van der Waals surface area contributed by atoms with E-state index in [1.807, 2.05) is 7.05 Å². The normalized spacial score (nSPS) is 17.5. The van der Waals surface area contributed by atoms with E-state index < -0.39 is 0 Å². The van der Waals surface area contributed by atoms with E-state index in [4.69, 9.17) is 4.74 Å². The lowest BCUT2D eigenvalue weighted by Gasteiger charge is -2.11. The van der Waals surface area contributed by atoms with Crippen molar-refractivity contribution in [1.29, 1.82) is 0 Å². The molecule has 3 rings (SSSR count). The third-order valence-corrected chi connectivity index (χ3v) is 5.21. The number of nitrogens with one attached hydrogen (secondary N) is 1. The summed E-state index contributed by atoms with van der Waals surface area (Å²) >= 11 is 5.18. The average Bonchev–Trinajstić information content (AvgIpc) is 3.01. The smallest absolute Gasteiger partial charge is 0.122 e. The van der Waals surface area contributed by atoms with Gasteiger partial charge in [0, 0.05) is 20.8 Å². The summed E-state index contributed by atoms with van der Waals surface area (Å²) in [5.74, 6) is 0.972. The third-order valence-electron chi connectivity index (χ3n) is 3.54. The van der Waals surface area contributed by atoms with Crippen LogP contribution in [0.3, 0.4) is 0 Å². The van der Waals surface area contributed by atoms with Crippen molar-refractivity contribution >= 4 is 27.3 Å². The zero-order valence-electron chi connectivity index (χ0n) is 10.8. The van der Waals surface area contributed by atoms with Crippen molar-refractivity contribution in [3.05, 3.63) is 50.1 Å². The van der Waals surface area contributed by atoms with E-state index in [9.17, 15) is 0 Å². The van der Waals surface area contributed by atoms with Gasteiger partial charge in [0.1, 0.15) is 12.4 Å². The lowest BCUT2D eigenvalue weighted by Crippen LogP contribution is -2.12. The van der Waals surface area contributed by atoms with Crippen LogP contribution in [0, 0.1) is 0 Å². The number of halogens is 1. The molecule has 1 unspecified atom stereocenters. The largest absolute Gasteiger partial charge is 0.488 e. The monoisotopic (exact) mass is 337 g/mol. The number of hydrogen-bond acceptors (Lipinski definition) is 3. The fourth-order valence-electron chi connectivity index (χ4n) is 2.57.